The van der Waals surface area contributed by atoms with Gasteiger partial charge in [0.25, 0.3) is 0 Å². The van der Waals surface area contributed by atoms with Crippen molar-refractivity contribution < 1.29 is 19.7 Å². The number of phenolic OH excluding ortho intramolecular Hbond substituents is 2. The fourth-order valence-electron chi connectivity index (χ4n) is 3.60. The topological polar surface area (TPSA) is 58.9 Å². The third-order valence-corrected chi connectivity index (χ3v) is 5.20. The highest BCUT2D eigenvalue weighted by Gasteiger charge is 2.06. The second-order valence-corrected chi connectivity index (χ2v) is 7.66. The van der Waals surface area contributed by atoms with E-state index in [1.165, 1.54) is 0 Å². The Balaban J connectivity index is 1.22. The zero-order valence-electron chi connectivity index (χ0n) is 17.0. The lowest BCUT2D eigenvalue weighted by Crippen LogP contribution is -2.12. The first-order valence-corrected chi connectivity index (χ1v) is 10.3. The van der Waals surface area contributed by atoms with Gasteiger partial charge in [-0.05, 0) is 96.3 Å². The Morgan fingerprint density at radius 3 is 1.90 bits per heavy atom. The van der Waals surface area contributed by atoms with Gasteiger partial charge in [0.15, 0.2) is 0 Å². The molecule has 0 fully saturated rings. The van der Waals surface area contributed by atoms with E-state index in [4.69, 9.17) is 9.47 Å². The molecule has 0 amide bonds. The highest BCUT2D eigenvalue weighted by atomic mass is 16.5. The normalized spacial score (nSPS) is 12.2. The number of fused-ring (bicyclic) bond motifs is 2. The Morgan fingerprint density at radius 2 is 1.23 bits per heavy atom. The van der Waals surface area contributed by atoms with Crippen LogP contribution in [0.15, 0.2) is 72.8 Å². The summed E-state index contributed by atoms with van der Waals surface area (Å²) in [6, 6.07) is 22.5. The molecule has 0 saturated heterocycles. The van der Waals surface area contributed by atoms with Gasteiger partial charge in [-0.1, -0.05) is 24.3 Å². The molecule has 4 nitrogen and oxygen atoms in total. The predicted octanol–water partition coefficient (Wildman–Crippen LogP) is 6.42. The summed E-state index contributed by atoms with van der Waals surface area (Å²) in [5, 5.41) is 23.4. The molecule has 2 N–H and O–H groups in total. The molecule has 0 saturated carbocycles. The fraction of sp³-hybridized carbons (Fsp3) is 0.231. The van der Waals surface area contributed by atoms with E-state index in [-0.39, 0.29) is 17.6 Å². The Labute approximate surface area is 176 Å². The van der Waals surface area contributed by atoms with Crippen LogP contribution in [0.2, 0.25) is 0 Å². The molecule has 1 atom stereocenters. The lowest BCUT2D eigenvalue weighted by molar-refractivity contribution is 0.202. The highest BCUT2D eigenvalue weighted by Crippen LogP contribution is 2.26. The lowest BCUT2D eigenvalue weighted by Gasteiger charge is -2.15. The van der Waals surface area contributed by atoms with E-state index < -0.39 is 0 Å². The van der Waals surface area contributed by atoms with Gasteiger partial charge < -0.3 is 19.7 Å². The third kappa shape index (κ3) is 4.95. The minimum Gasteiger partial charge on any atom is -0.508 e. The van der Waals surface area contributed by atoms with Crippen LogP contribution in [0.3, 0.4) is 0 Å². The summed E-state index contributed by atoms with van der Waals surface area (Å²) in [7, 11) is 0. The molecule has 4 aromatic rings. The van der Waals surface area contributed by atoms with Crippen LogP contribution < -0.4 is 9.47 Å². The number of hydrogen-bond acceptors (Lipinski definition) is 4. The molecule has 0 aromatic heterocycles. The molecule has 4 aromatic carbocycles. The van der Waals surface area contributed by atoms with Crippen molar-refractivity contribution in [3.8, 4) is 23.0 Å². The largest absolute Gasteiger partial charge is 0.508 e. The van der Waals surface area contributed by atoms with Gasteiger partial charge in [0.2, 0.25) is 0 Å². The van der Waals surface area contributed by atoms with E-state index in [2.05, 4.69) is 6.92 Å². The summed E-state index contributed by atoms with van der Waals surface area (Å²) in [6.07, 6.45) is 2.98. The number of hydrogen-bond donors (Lipinski definition) is 2. The standard InChI is InChI=1S/C26H26O4/c1-18(30-26-12-8-20-6-10-24(28)15-22(20)17-26)4-2-3-13-29-25-11-7-19-5-9-23(27)14-21(19)16-25/h5-12,14-18,27-28H,2-4,13H2,1H3. The number of phenols is 2. The lowest BCUT2D eigenvalue weighted by atomic mass is 10.1. The maximum Gasteiger partial charge on any atom is 0.120 e. The Morgan fingerprint density at radius 1 is 0.667 bits per heavy atom. The number of ether oxygens (including phenoxy) is 2. The first-order valence-electron chi connectivity index (χ1n) is 10.3. The van der Waals surface area contributed by atoms with Gasteiger partial charge in [0, 0.05) is 0 Å². The predicted molar refractivity (Wildman–Crippen MR) is 121 cm³/mol. The molecule has 0 spiro atoms. The van der Waals surface area contributed by atoms with Gasteiger partial charge in [0.1, 0.15) is 23.0 Å². The second kappa shape index (κ2) is 8.95. The van der Waals surface area contributed by atoms with Crippen molar-refractivity contribution in [3.63, 3.8) is 0 Å². The van der Waals surface area contributed by atoms with E-state index in [1.807, 2.05) is 48.5 Å². The zero-order chi connectivity index (χ0) is 20.9. The van der Waals surface area contributed by atoms with E-state index in [9.17, 15) is 10.2 Å². The average molecular weight is 402 g/mol. The van der Waals surface area contributed by atoms with Crippen LogP contribution in [0, 0.1) is 0 Å². The van der Waals surface area contributed by atoms with Crippen molar-refractivity contribution in [3.05, 3.63) is 72.8 Å². The SMILES string of the molecule is CC(CCCCOc1ccc2ccc(O)cc2c1)Oc1ccc2ccc(O)cc2c1. The molecule has 0 bridgehead atoms. The van der Waals surface area contributed by atoms with Gasteiger partial charge in [-0.3, -0.25) is 0 Å². The molecular weight excluding hydrogens is 376 g/mol. The molecule has 4 heteroatoms. The minimum atomic E-state index is 0.100. The van der Waals surface area contributed by atoms with Crippen LogP contribution in [-0.2, 0) is 0 Å². The summed E-state index contributed by atoms with van der Waals surface area (Å²) >= 11 is 0. The highest BCUT2D eigenvalue weighted by molar-refractivity contribution is 5.85. The number of unbranched alkanes of at least 4 members (excludes halogenated alkanes) is 1. The summed E-state index contributed by atoms with van der Waals surface area (Å²) < 4.78 is 11.9. The van der Waals surface area contributed by atoms with E-state index in [1.54, 1.807) is 24.3 Å². The summed E-state index contributed by atoms with van der Waals surface area (Å²) in [4.78, 5) is 0. The van der Waals surface area contributed by atoms with E-state index in [0.717, 1.165) is 52.3 Å². The van der Waals surface area contributed by atoms with Crippen molar-refractivity contribution in [1.82, 2.24) is 0 Å². The first-order chi connectivity index (χ1) is 14.6. The van der Waals surface area contributed by atoms with Crippen molar-refractivity contribution in [2.24, 2.45) is 0 Å². The molecule has 4 rings (SSSR count). The van der Waals surface area contributed by atoms with E-state index in [0.29, 0.717) is 6.61 Å². The molecule has 0 radical (unpaired) electrons. The summed E-state index contributed by atoms with van der Waals surface area (Å²) in [5.74, 6) is 2.15. The number of rotatable bonds is 8. The smallest absolute Gasteiger partial charge is 0.120 e. The van der Waals surface area contributed by atoms with Crippen LogP contribution in [0.4, 0.5) is 0 Å². The Hall–Kier alpha value is -3.40. The van der Waals surface area contributed by atoms with Crippen molar-refractivity contribution in [2.75, 3.05) is 6.61 Å². The Kier molecular flexibility index (Phi) is 5.94. The first kappa shape index (κ1) is 19.9. The maximum atomic E-state index is 9.65. The zero-order valence-corrected chi connectivity index (χ0v) is 17.0. The van der Waals surface area contributed by atoms with Crippen LogP contribution in [0.5, 0.6) is 23.0 Å². The van der Waals surface area contributed by atoms with Crippen LogP contribution in [-0.4, -0.2) is 22.9 Å². The third-order valence-electron chi connectivity index (χ3n) is 5.20. The molecule has 0 aliphatic heterocycles. The van der Waals surface area contributed by atoms with Gasteiger partial charge in [-0.15, -0.1) is 0 Å². The summed E-state index contributed by atoms with van der Waals surface area (Å²) in [5.41, 5.74) is 0. The molecular formula is C26H26O4. The van der Waals surface area contributed by atoms with Crippen molar-refractivity contribution >= 4 is 21.5 Å². The van der Waals surface area contributed by atoms with Crippen LogP contribution in [0.1, 0.15) is 26.2 Å². The molecule has 0 aliphatic carbocycles. The van der Waals surface area contributed by atoms with Gasteiger partial charge >= 0.3 is 0 Å². The average Bonchev–Trinajstić information content (AvgIpc) is 2.73. The molecule has 154 valence electrons. The van der Waals surface area contributed by atoms with Crippen molar-refractivity contribution in [1.29, 1.82) is 0 Å². The number of benzene rings is 4. The van der Waals surface area contributed by atoms with Gasteiger partial charge in [-0.25, -0.2) is 0 Å². The second-order valence-electron chi connectivity index (χ2n) is 7.66. The summed E-state index contributed by atoms with van der Waals surface area (Å²) in [6.45, 7) is 2.72. The quantitative estimate of drug-likeness (QED) is 0.334. The maximum absolute atomic E-state index is 9.65. The molecule has 0 heterocycles. The van der Waals surface area contributed by atoms with E-state index >= 15 is 0 Å². The van der Waals surface area contributed by atoms with Gasteiger partial charge in [-0.2, -0.15) is 0 Å². The minimum absolute atomic E-state index is 0.100. The molecule has 30 heavy (non-hydrogen) atoms. The van der Waals surface area contributed by atoms with Gasteiger partial charge in [0.05, 0.1) is 12.7 Å². The van der Waals surface area contributed by atoms with Crippen LogP contribution in [0.25, 0.3) is 21.5 Å². The molecule has 0 aliphatic rings. The van der Waals surface area contributed by atoms with Crippen molar-refractivity contribution in [2.45, 2.75) is 32.3 Å². The fourth-order valence-corrected chi connectivity index (χ4v) is 3.60. The Bertz CT molecular complexity index is 1150. The number of aromatic hydroxyl groups is 2. The monoisotopic (exact) mass is 402 g/mol. The molecule has 1 unspecified atom stereocenters. The van der Waals surface area contributed by atoms with Crippen LogP contribution >= 0.6 is 0 Å².